The Bertz CT molecular complexity index is 3440. The number of carbonyl (C=O) groups excluding carboxylic acids is 12. The van der Waals surface area contributed by atoms with Gasteiger partial charge in [-0.1, -0.05) is 120 Å². The van der Waals surface area contributed by atoms with E-state index in [0.29, 0.717) is 25.1 Å². The van der Waals surface area contributed by atoms with Crippen molar-refractivity contribution in [3.8, 4) is 11.1 Å². The molecule has 12 amide bonds. The van der Waals surface area contributed by atoms with Crippen LogP contribution in [-0.2, 0) is 68.7 Å². The number of carbonyl (C=O) groups is 13. The maximum Gasteiger partial charge on any atom is 0.410 e. The van der Waals surface area contributed by atoms with Gasteiger partial charge in [-0.3, -0.25) is 62.4 Å². The van der Waals surface area contributed by atoms with Crippen molar-refractivity contribution in [2.75, 3.05) is 68.0 Å². The Morgan fingerprint density at radius 2 is 1.03 bits per heavy atom. The van der Waals surface area contributed by atoms with Gasteiger partial charge in [0.1, 0.15) is 67.0 Å². The van der Waals surface area contributed by atoms with E-state index in [0.717, 1.165) is 56.2 Å². The van der Waals surface area contributed by atoms with E-state index in [4.69, 9.17) is 4.74 Å². The molecule has 27 heteroatoms. The summed E-state index contributed by atoms with van der Waals surface area (Å²) in [5.74, 6) is -9.02. The molecule has 2 aliphatic heterocycles. The summed E-state index contributed by atoms with van der Waals surface area (Å²) in [7, 11) is 6.99. The summed E-state index contributed by atoms with van der Waals surface area (Å²) in [5, 5.41) is 23.4. The SMILES string of the molecule is CC(C)C[C@H](NC(=O)[C@H](C)N(C)C(=O)OCC1c2ccccc2-c2ccccc21)C(=O)N(C)CC(=O)N[C@@H](C)C(=O)N[C@@H](CC(C)C)C(=O)N(C)[C@@H](Cc1ccccc1)C(=O)N[C@@H](C)C(=O)N1CCC[C@H]1C(=O)N[C@@H](C)C(=O)N(C)[C@@H](CC(C)C)C(=O)N(C)[C@@H](CC(=O)O)C(=O)N1CCCCC1. The number of hydrogen-bond donors (Lipinski definition) is 6. The van der Waals surface area contributed by atoms with E-state index >= 15 is 0 Å². The number of piperidine rings is 1. The lowest BCUT2D eigenvalue weighted by Crippen LogP contribution is -2.60. The normalized spacial score (nSPS) is 16.8. The highest BCUT2D eigenvalue weighted by molar-refractivity contribution is 5.99. The number of nitrogens with one attached hydrogen (secondary N) is 5. The van der Waals surface area contributed by atoms with Crippen LogP contribution in [0.15, 0.2) is 78.9 Å². The lowest BCUT2D eigenvalue weighted by atomic mass is 9.98. The van der Waals surface area contributed by atoms with Crippen molar-refractivity contribution in [1.82, 2.24) is 60.9 Å². The van der Waals surface area contributed by atoms with E-state index in [1.807, 2.05) is 90.1 Å². The first kappa shape index (κ1) is 81.5. The zero-order valence-electron chi connectivity index (χ0n) is 62.0. The van der Waals surface area contributed by atoms with Crippen LogP contribution in [0, 0.1) is 17.8 Å². The molecular weight excluding hydrogens is 1310 g/mol. The molecular formula is C75H108N12O15. The highest BCUT2D eigenvalue weighted by Crippen LogP contribution is 2.44. The van der Waals surface area contributed by atoms with Crippen LogP contribution in [0.4, 0.5) is 4.79 Å². The fourth-order valence-electron chi connectivity index (χ4n) is 13.5. The molecule has 0 unspecified atom stereocenters. The molecule has 3 aromatic carbocycles. The number of nitrogens with zero attached hydrogens (tertiary/aromatic N) is 7. The monoisotopic (exact) mass is 1420 g/mol. The van der Waals surface area contributed by atoms with Gasteiger partial charge in [0.25, 0.3) is 0 Å². The molecule has 3 aliphatic rings. The number of amides is 12. The molecule has 2 fully saturated rings. The summed E-state index contributed by atoms with van der Waals surface area (Å²) in [6, 6.07) is 12.8. The standard InChI is InChI=1S/C75H108N12O15/c1-44(2)37-57(80-66(92)50(10)82(12)75(101)102-43-56-54-31-22-20-29-52(54)53-30-21-23-32-55(53)56)71(97)81(11)42-63(88)76-47(7)65(91)79-58(38-45(3)4)72(98)83(13)60(40-51-27-18-16-19-28-51)68(94)78-49(9)70(96)87-36-26-33-59(87)67(93)77-48(8)69(95)84(14)61(39-46(5)6)73(99)85(15)62(41-64(89)90)74(100)86-34-24-17-25-35-86/h16,18-23,27-32,44-50,56-62H,17,24-26,33-43H2,1-15H3,(H,76,88)(H,77,93)(H,78,94)(H,79,91)(H,80,92)(H,89,90)/t47-,48-,49-,50-,57-,58-,59-,60-,61-,62-/m0/s1. The Morgan fingerprint density at radius 1 is 0.500 bits per heavy atom. The van der Waals surface area contributed by atoms with E-state index in [-0.39, 0.29) is 68.9 Å². The van der Waals surface area contributed by atoms with Crippen molar-refractivity contribution < 1.29 is 72.2 Å². The Balaban J connectivity index is 1.05. The quantitative estimate of drug-likeness (QED) is 0.0488. The molecule has 6 rings (SSSR count). The Labute approximate surface area is 599 Å². The van der Waals surface area contributed by atoms with Crippen molar-refractivity contribution in [2.24, 2.45) is 17.8 Å². The second-order valence-electron chi connectivity index (χ2n) is 28.8. The predicted molar refractivity (Wildman–Crippen MR) is 382 cm³/mol. The number of rotatable bonds is 33. The van der Waals surface area contributed by atoms with Crippen LogP contribution in [0.2, 0.25) is 0 Å². The van der Waals surface area contributed by atoms with Gasteiger partial charge in [0, 0.05) is 67.2 Å². The van der Waals surface area contributed by atoms with Crippen molar-refractivity contribution in [3.05, 3.63) is 95.6 Å². The number of ether oxygens (including phenoxy) is 1. The number of benzene rings is 3. The summed E-state index contributed by atoms with van der Waals surface area (Å²) >= 11 is 0. The van der Waals surface area contributed by atoms with Crippen molar-refractivity contribution in [2.45, 2.75) is 200 Å². The summed E-state index contributed by atoms with van der Waals surface area (Å²) in [6.45, 7) is 17.4. The molecule has 0 radical (unpaired) electrons. The van der Waals surface area contributed by atoms with Gasteiger partial charge in [-0.15, -0.1) is 0 Å². The Hall–Kier alpha value is -9.43. The molecule has 102 heavy (non-hydrogen) atoms. The molecule has 0 spiro atoms. The number of likely N-dealkylation sites (N-methyl/N-ethyl adjacent to an activating group) is 5. The molecule has 0 aromatic heterocycles. The molecule has 2 saturated heterocycles. The van der Waals surface area contributed by atoms with Crippen molar-refractivity contribution in [3.63, 3.8) is 0 Å². The van der Waals surface area contributed by atoms with Gasteiger partial charge in [-0.2, -0.15) is 0 Å². The maximum atomic E-state index is 14.8. The fraction of sp³-hybridized carbons (Fsp3) is 0.587. The summed E-state index contributed by atoms with van der Waals surface area (Å²) < 4.78 is 5.79. The number of likely N-dealkylation sites (tertiary alicyclic amines) is 2. The zero-order chi connectivity index (χ0) is 75.6. The van der Waals surface area contributed by atoms with Crippen LogP contribution in [0.25, 0.3) is 11.1 Å². The van der Waals surface area contributed by atoms with E-state index in [9.17, 15) is 67.4 Å². The molecule has 2 heterocycles. The lowest BCUT2D eigenvalue weighted by Gasteiger charge is -2.38. The Kier molecular flexibility index (Phi) is 30.0. The molecule has 10 atom stereocenters. The number of hydrogen-bond acceptors (Lipinski definition) is 14. The minimum atomic E-state index is -1.32. The van der Waals surface area contributed by atoms with Gasteiger partial charge in [0.2, 0.25) is 65.0 Å². The molecule has 0 bridgehead atoms. The molecule has 6 N–H and O–H groups in total. The third-order valence-corrected chi connectivity index (χ3v) is 19.4. The first-order valence-electron chi connectivity index (χ1n) is 35.6. The van der Waals surface area contributed by atoms with Crippen molar-refractivity contribution in [1.29, 1.82) is 0 Å². The van der Waals surface area contributed by atoms with Gasteiger partial charge in [0.05, 0.1) is 13.0 Å². The van der Waals surface area contributed by atoms with E-state index in [1.54, 1.807) is 35.2 Å². The summed E-state index contributed by atoms with van der Waals surface area (Å²) in [5.41, 5.74) is 4.84. The minimum Gasteiger partial charge on any atom is -0.481 e. The Morgan fingerprint density at radius 3 is 1.60 bits per heavy atom. The minimum absolute atomic E-state index is 0.0232. The van der Waals surface area contributed by atoms with Crippen LogP contribution in [0.3, 0.4) is 0 Å². The first-order chi connectivity index (χ1) is 48.1. The van der Waals surface area contributed by atoms with Gasteiger partial charge in [0.15, 0.2) is 0 Å². The summed E-state index contributed by atoms with van der Waals surface area (Å²) in [4.78, 5) is 190. The highest BCUT2D eigenvalue weighted by Gasteiger charge is 2.43. The summed E-state index contributed by atoms with van der Waals surface area (Å²) in [6.07, 6.45) is 2.10. The average Bonchev–Trinajstić information content (AvgIpc) is 1.61. The van der Waals surface area contributed by atoms with Crippen LogP contribution in [0.1, 0.15) is 150 Å². The first-order valence-corrected chi connectivity index (χ1v) is 35.6. The number of fused-ring (bicyclic) bond motifs is 3. The molecule has 1 aliphatic carbocycles. The fourth-order valence-corrected chi connectivity index (χ4v) is 13.5. The topological polar surface area (TPSA) is 334 Å². The second kappa shape index (κ2) is 37.5. The molecule has 27 nitrogen and oxygen atoms in total. The average molecular weight is 1420 g/mol. The van der Waals surface area contributed by atoms with Gasteiger partial charge < -0.3 is 65.8 Å². The van der Waals surface area contributed by atoms with E-state index < -0.39 is 150 Å². The number of carboxylic acid groups (broad SMARTS) is 1. The van der Waals surface area contributed by atoms with Crippen LogP contribution >= 0.6 is 0 Å². The lowest BCUT2D eigenvalue weighted by molar-refractivity contribution is -0.154. The van der Waals surface area contributed by atoms with E-state index in [1.165, 1.54) is 77.6 Å². The van der Waals surface area contributed by atoms with Crippen LogP contribution in [-0.4, -0.2) is 245 Å². The van der Waals surface area contributed by atoms with Gasteiger partial charge in [-0.05, 0) is 125 Å². The number of carboxylic acids is 1. The zero-order valence-corrected chi connectivity index (χ0v) is 62.0. The molecule has 0 saturated carbocycles. The van der Waals surface area contributed by atoms with Gasteiger partial charge in [-0.25, -0.2) is 4.79 Å². The smallest absolute Gasteiger partial charge is 0.410 e. The maximum absolute atomic E-state index is 14.8. The molecule has 3 aromatic rings. The largest absolute Gasteiger partial charge is 0.481 e. The van der Waals surface area contributed by atoms with Crippen molar-refractivity contribution >= 4 is 77.0 Å². The van der Waals surface area contributed by atoms with Gasteiger partial charge >= 0.3 is 12.1 Å². The third kappa shape index (κ3) is 21.6. The van der Waals surface area contributed by atoms with E-state index in [2.05, 4.69) is 26.6 Å². The highest BCUT2D eigenvalue weighted by atomic mass is 16.6. The number of aliphatic carboxylic acids is 1. The predicted octanol–water partition coefficient (Wildman–Crippen LogP) is 4.54. The second-order valence-corrected chi connectivity index (χ2v) is 28.8. The third-order valence-electron chi connectivity index (χ3n) is 19.4. The van der Waals surface area contributed by atoms with Crippen LogP contribution in [0.5, 0.6) is 0 Å². The van der Waals surface area contributed by atoms with Crippen LogP contribution < -0.4 is 26.6 Å². The molecule has 558 valence electrons.